The Bertz CT molecular complexity index is 690. The molecule has 0 atom stereocenters. The fourth-order valence-electron chi connectivity index (χ4n) is 2.54. The number of ether oxygens (including phenoxy) is 1. The van der Waals surface area contributed by atoms with E-state index in [9.17, 15) is 4.79 Å². The summed E-state index contributed by atoms with van der Waals surface area (Å²) < 4.78 is 10.7. The van der Waals surface area contributed by atoms with Gasteiger partial charge in [-0.3, -0.25) is 4.90 Å². The fourth-order valence-corrected chi connectivity index (χ4v) is 2.54. The van der Waals surface area contributed by atoms with Crippen molar-refractivity contribution in [1.29, 1.82) is 0 Å². The highest BCUT2D eigenvalue weighted by atomic mass is 16.6. The van der Waals surface area contributed by atoms with E-state index in [4.69, 9.17) is 9.15 Å². The summed E-state index contributed by atoms with van der Waals surface area (Å²) in [5.74, 6) is 0.779. The number of nitrogens with zero attached hydrogens (tertiary/aromatic N) is 2. The molecule has 0 aliphatic carbocycles. The molecule has 1 N–H and O–H groups in total. The predicted molar refractivity (Wildman–Crippen MR) is 87.6 cm³/mol. The maximum absolute atomic E-state index is 12.3. The van der Waals surface area contributed by atoms with Crippen LogP contribution in [0.1, 0.15) is 32.1 Å². The van der Waals surface area contributed by atoms with Crippen LogP contribution in [0.2, 0.25) is 0 Å². The Hall–Kier alpha value is -2.50. The number of rotatable bonds is 3. The van der Waals surface area contributed by atoms with Crippen molar-refractivity contribution in [3.05, 3.63) is 42.1 Å². The highest BCUT2D eigenvalue weighted by molar-refractivity contribution is 5.91. The highest BCUT2D eigenvalue weighted by Crippen LogP contribution is 2.31. The summed E-state index contributed by atoms with van der Waals surface area (Å²) in [4.78, 5) is 17.8. The Kier molecular flexibility index (Phi) is 3.98. The lowest BCUT2D eigenvalue weighted by Crippen LogP contribution is -2.35. The molecule has 23 heavy (non-hydrogen) atoms. The van der Waals surface area contributed by atoms with Crippen molar-refractivity contribution >= 4 is 17.5 Å². The van der Waals surface area contributed by atoms with Crippen molar-refractivity contribution < 1.29 is 13.9 Å². The summed E-state index contributed by atoms with van der Waals surface area (Å²) in [6, 6.07) is 5.98. The van der Waals surface area contributed by atoms with Crippen molar-refractivity contribution in [2.24, 2.45) is 0 Å². The first-order chi connectivity index (χ1) is 10.9. The van der Waals surface area contributed by atoms with Gasteiger partial charge in [0.15, 0.2) is 6.39 Å². The van der Waals surface area contributed by atoms with Gasteiger partial charge in [0.2, 0.25) is 0 Å². The summed E-state index contributed by atoms with van der Waals surface area (Å²) in [5, 5.41) is 3.29. The van der Waals surface area contributed by atoms with Gasteiger partial charge in [0.25, 0.3) is 0 Å². The number of benzene rings is 1. The van der Waals surface area contributed by atoms with Crippen LogP contribution in [0.5, 0.6) is 0 Å². The second kappa shape index (κ2) is 5.95. The number of hydrogen-bond donors (Lipinski definition) is 1. The molecular formula is C17H21N3O3. The van der Waals surface area contributed by atoms with Gasteiger partial charge in [0.1, 0.15) is 11.4 Å². The van der Waals surface area contributed by atoms with Gasteiger partial charge in [-0.2, -0.15) is 0 Å². The molecule has 1 aromatic carbocycles. The maximum Gasteiger partial charge on any atom is 0.414 e. The third-order valence-corrected chi connectivity index (χ3v) is 3.54. The van der Waals surface area contributed by atoms with E-state index in [1.807, 2.05) is 32.9 Å². The number of amides is 1. The van der Waals surface area contributed by atoms with Gasteiger partial charge in [-0.1, -0.05) is 0 Å². The van der Waals surface area contributed by atoms with E-state index in [0.717, 1.165) is 29.1 Å². The van der Waals surface area contributed by atoms with Crippen LogP contribution < -0.4 is 10.2 Å². The van der Waals surface area contributed by atoms with Crippen LogP contribution in [0.3, 0.4) is 0 Å². The minimum absolute atomic E-state index is 0.293. The van der Waals surface area contributed by atoms with Crippen molar-refractivity contribution in [1.82, 2.24) is 4.98 Å². The zero-order valence-corrected chi connectivity index (χ0v) is 13.6. The Balaban J connectivity index is 1.68. The van der Waals surface area contributed by atoms with Crippen LogP contribution in [-0.2, 0) is 17.7 Å². The van der Waals surface area contributed by atoms with Crippen molar-refractivity contribution in [2.45, 2.75) is 39.3 Å². The number of carbonyl (C=O) groups is 1. The number of fused-ring (bicyclic) bond motifs is 1. The summed E-state index contributed by atoms with van der Waals surface area (Å²) in [6.07, 6.45) is 3.63. The summed E-state index contributed by atoms with van der Waals surface area (Å²) >= 11 is 0. The van der Waals surface area contributed by atoms with E-state index in [1.54, 1.807) is 11.1 Å². The summed E-state index contributed by atoms with van der Waals surface area (Å²) in [6.45, 7) is 6.85. The molecule has 0 fully saturated rings. The molecule has 0 spiro atoms. The lowest BCUT2D eigenvalue weighted by molar-refractivity contribution is 0.0584. The monoisotopic (exact) mass is 315 g/mol. The molecule has 0 saturated carbocycles. The number of hydrogen-bond acceptors (Lipinski definition) is 5. The molecule has 0 bridgehead atoms. The van der Waals surface area contributed by atoms with E-state index in [-0.39, 0.29) is 6.09 Å². The van der Waals surface area contributed by atoms with Gasteiger partial charge in [0, 0.05) is 12.2 Å². The average Bonchev–Trinajstić information content (AvgIpc) is 3.12. The molecule has 6 nitrogen and oxygen atoms in total. The number of aromatic nitrogens is 1. The summed E-state index contributed by atoms with van der Waals surface area (Å²) in [7, 11) is 0. The van der Waals surface area contributed by atoms with Gasteiger partial charge < -0.3 is 14.5 Å². The van der Waals surface area contributed by atoms with Gasteiger partial charge in [-0.05, 0) is 51.0 Å². The topological polar surface area (TPSA) is 67.6 Å². The smallest absolute Gasteiger partial charge is 0.414 e. The third kappa shape index (κ3) is 3.64. The molecule has 2 aromatic rings. The number of anilines is 2. The molecule has 1 aliphatic heterocycles. The van der Waals surface area contributed by atoms with Gasteiger partial charge in [-0.15, -0.1) is 0 Å². The molecule has 2 heterocycles. The predicted octanol–water partition coefficient (Wildman–Crippen LogP) is 3.58. The largest absolute Gasteiger partial charge is 0.447 e. The number of nitrogens with one attached hydrogen (secondary N) is 1. The lowest BCUT2D eigenvalue weighted by Gasteiger charge is -2.24. The second-order valence-electron chi connectivity index (χ2n) is 6.55. The Morgan fingerprint density at radius 2 is 2.26 bits per heavy atom. The van der Waals surface area contributed by atoms with Crippen LogP contribution >= 0.6 is 0 Å². The van der Waals surface area contributed by atoms with E-state index in [2.05, 4.69) is 16.4 Å². The van der Waals surface area contributed by atoms with Crippen LogP contribution in [0.15, 0.2) is 35.2 Å². The molecular weight excluding hydrogens is 294 g/mol. The lowest BCUT2D eigenvalue weighted by atomic mass is 10.1. The van der Waals surface area contributed by atoms with E-state index >= 15 is 0 Å². The Morgan fingerprint density at radius 1 is 1.43 bits per heavy atom. The second-order valence-corrected chi connectivity index (χ2v) is 6.55. The van der Waals surface area contributed by atoms with Crippen molar-refractivity contribution in [3.63, 3.8) is 0 Å². The van der Waals surface area contributed by atoms with Gasteiger partial charge in [-0.25, -0.2) is 9.78 Å². The van der Waals surface area contributed by atoms with E-state index in [0.29, 0.717) is 13.1 Å². The molecule has 3 rings (SSSR count). The van der Waals surface area contributed by atoms with Crippen molar-refractivity contribution in [2.75, 3.05) is 16.8 Å². The molecule has 6 heteroatoms. The molecule has 0 saturated heterocycles. The first kappa shape index (κ1) is 15.4. The van der Waals surface area contributed by atoms with Crippen LogP contribution in [0.25, 0.3) is 0 Å². The zero-order valence-electron chi connectivity index (χ0n) is 13.6. The molecule has 0 unspecified atom stereocenters. The highest BCUT2D eigenvalue weighted by Gasteiger charge is 2.28. The third-order valence-electron chi connectivity index (χ3n) is 3.54. The molecule has 1 aliphatic rings. The SMILES string of the molecule is CC(C)(C)OC(=O)N1CCc2cc(NCc3cnco3)ccc21. The van der Waals surface area contributed by atoms with Gasteiger partial charge in [0.05, 0.1) is 18.4 Å². The molecule has 0 radical (unpaired) electrons. The van der Waals surface area contributed by atoms with Crippen LogP contribution in [0, 0.1) is 0 Å². The molecule has 122 valence electrons. The van der Waals surface area contributed by atoms with Crippen LogP contribution in [0.4, 0.5) is 16.2 Å². The maximum atomic E-state index is 12.3. The Labute approximate surface area is 135 Å². The number of oxazole rings is 1. The first-order valence-corrected chi connectivity index (χ1v) is 7.67. The van der Waals surface area contributed by atoms with Gasteiger partial charge >= 0.3 is 6.09 Å². The Morgan fingerprint density at radius 3 is 2.96 bits per heavy atom. The average molecular weight is 315 g/mol. The zero-order chi connectivity index (χ0) is 16.4. The minimum atomic E-state index is -0.488. The standard InChI is InChI=1S/C17H21N3O3/c1-17(2,3)23-16(21)20-7-6-12-8-13(4-5-15(12)20)19-10-14-9-18-11-22-14/h4-5,8-9,11,19H,6-7,10H2,1-3H3. The van der Waals surface area contributed by atoms with E-state index in [1.165, 1.54) is 6.39 Å². The molecule has 1 amide bonds. The van der Waals surface area contributed by atoms with E-state index < -0.39 is 5.60 Å². The minimum Gasteiger partial charge on any atom is -0.447 e. The van der Waals surface area contributed by atoms with Crippen molar-refractivity contribution in [3.8, 4) is 0 Å². The number of carbonyl (C=O) groups excluding carboxylic acids is 1. The normalized spacial score (nSPS) is 13.8. The first-order valence-electron chi connectivity index (χ1n) is 7.67. The quantitative estimate of drug-likeness (QED) is 0.937. The summed E-state index contributed by atoms with van der Waals surface area (Å²) in [5.41, 5.74) is 2.56. The molecule has 1 aromatic heterocycles. The fraction of sp³-hybridized carbons (Fsp3) is 0.412. The van der Waals surface area contributed by atoms with Crippen LogP contribution in [-0.4, -0.2) is 23.2 Å².